The van der Waals surface area contributed by atoms with Crippen LogP contribution in [0.2, 0.25) is 0 Å². The first-order valence-corrected chi connectivity index (χ1v) is 9.05. The molecule has 0 aliphatic carbocycles. The Balaban J connectivity index is 2.02. The van der Waals surface area contributed by atoms with Crippen molar-refractivity contribution in [1.82, 2.24) is 0 Å². The first-order valence-electron chi connectivity index (χ1n) is 9.05. The van der Waals surface area contributed by atoms with Gasteiger partial charge in [-0.2, -0.15) is 0 Å². The largest absolute Gasteiger partial charge is 0.497 e. The number of methoxy groups -OCH3 is 4. The summed E-state index contributed by atoms with van der Waals surface area (Å²) in [6.07, 6.45) is 1.75. The molecule has 0 radical (unpaired) electrons. The van der Waals surface area contributed by atoms with Crippen molar-refractivity contribution < 1.29 is 33.3 Å². The highest BCUT2D eigenvalue weighted by atomic mass is 16.5. The maximum absolute atomic E-state index is 12.3. The van der Waals surface area contributed by atoms with E-state index in [4.69, 9.17) is 23.7 Å². The molecule has 8 heteroatoms. The topological polar surface area (TPSA) is 92.3 Å². The zero-order valence-electron chi connectivity index (χ0n) is 17.6. The van der Waals surface area contributed by atoms with Crippen LogP contribution < -0.4 is 24.3 Å². The predicted octanol–water partition coefficient (Wildman–Crippen LogP) is 3.30. The lowest BCUT2D eigenvalue weighted by Gasteiger charge is -2.13. The number of carbonyl (C=O) groups is 2. The average Bonchev–Trinajstić information content (AvgIpc) is 2.76. The van der Waals surface area contributed by atoms with Crippen molar-refractivity contribution in [3.8, 4) is 23.0 Å². The SMILES string of the molecule is COc1cccc(NC(=O)[C@H](C)OC(=O)/C=C/c2cc(OC)c(OC)c(OC)c2)c1. The van der Waals surface area contributed by atoms with Crippen molar-refractivity contribution in [3.05, 3.63) is 48.0 Å². The maximum atomic E-state index is 12.3. The van der Waals surface area contributed by atoms with Crippen LogP contribution in [0.5, 0.6) is 23.0 Å². The van der Waals surface area contributed by atoms with Gasteiger partial charge in [0.05, 0.1) is 28.4 Å². The second kappa shape index (κ2) is 10.8. The van der Waals surface area contributed by atoms with Gasteiger partial charge in [-0.3, -0.25) is 4.79 Å². The Morgan fingerprint density at radius 3 is 2.17 bits per heavy atom. The van der Waals surface area contributed by atoms with Gasteiger partial charge in [0.1, 0.15) is 5.75 Å². The van der Waals surface area contributed by atoms with Crippen molar-refractivity contribution in [2.24, 2.45) is 0 Å². The van der Waals surface area contributed by atoms with Crippen molar-refractivity contribution in [2.45, 2.75) is 13.0 Å². The normalized spacial score (nSPS) is 11.5. The molecule has 0 spiro atoms. The number of anilines is 1. The Kier molecular flexibility index (Phi) is 8.10. The van der Waals surface area contributed by atoms with Crippen LogP contribution in [0.15, 0.2) is 42.5 Å². The molecule has 0 saturated carbocycles. The van der Waals surface area contributed by atoms with E-state index in [1.165, 1.54) is 47.5 Å². The minimum atomic E-state index is -0.992. The summed E-state index contributed by atoms with van der Waals surface area (Å²) in [7, 11) is 6.04. The Morgan fingerprint density at radius 2 is 1.60 bits per heavy atom. The van der Waals surface area contributed by atoms with Gasteiger partial charge in [-0.1, -0.05) is 6.07 Å². The molecule has 1 N–H and O–H groups in total. The second-order valence-corrected chi connectivity index (χ2v) is 6.09. The summed E-state index contributed by atoms with van der Waals surface area (Å²) in [4.78, 5) is 24.4. The van der Waals surface area contributed by atoms with Gasteiger partial charge in [0.25, 0.3) is 5.91 Å². The minimum Gasteiger partial charge on any atom is -0.497 e. The summed E-state index contributed by atoms with van der Waals surface area (Å²) in [5, 5.41) is 2.67. The van der Waals surface area contributed by atoms with E-state index in [-0.39, 0.29) is 0 Å². The number of esters is 1. The van der Waals surface area contributed by atoms with E-state index in [1.807, 2.05) is 0 Å². The zero-order valence-corrected chi connectivity index (χ0v) is 17.6. The molecule has 0 aliphatic heterocycles. The Morgan fingerprint density at radius 1 is 0.933 bits per heavy atom. The summed E-state index contributed by atoms with van der Waals surface area (Å²) in [5.74, 6) is 0.829. The first-order chi connectivity index (χ1) is 14.4. The molecule has 8 nitrogen and oxygen atoms in total. The summed E-state index contributed by atoms with van der Waals surface area (Å²) in [5.41, 5.74) is 1.17. The molecule has 0 unspecified atom stereocenters. The summed E-state index contributed by atoms with van der Waals surface area (Å²) in [6, 6.07) is 10.2. The third kappa shape index (κ3) is 5.91. The van der Waals surface area contributed by atoms with Crippen LogP contribution in [0, 0.1) is 0 Å². The standard InChI is InChI=1S/C22H25NO7/c1-14(22(25)23-16-7-6-8-17(13-16)26-2)30-20(24)10-9-15-11-18(27-3)21(29-5)19(12-15)28-4/h6-14H,1-5H3,(H,23,25)/b10-9+/t14-/m0/s1. The van der Waals surface area contributed by atoms with Crippen LogP contribution in [0.4, 0.5) is 5.69 Å². The molecule has 0 bridgehead atoms. The number of hydrogen-bond acceptors (Lipinski definition) is 7. The number of hydrogen-bond donors (Lipinski definition) is 1. The second-order valence-electron chi connectivity index (χ2n) is 6.09. The number of carbonyl (C=O) groups excluding carboxylic acids is 2. The van der Waals surface area contributed by atoms with Gasteiger partial charge in [-0.25, -0.2) is 4.79 Å². The highest BCUT2D eigenvalue weighted by Gasteiger charge is 2.17. The van der Waals surface area contributed by atoms with E-state index in [2.05, 4.69) is 5.32 Å². The smallest absolute Gasteiger partial charge is 0.331 e. The molecule has 2 aromatic rings. The third-order valence-electron chi connectivity index (χ3n) is 4.10. The van der Waals surface area contributed by atoms with Gasteiger partial charge in [0.15, 0.2) is 17.6 Å². The first kappa shape index (κ1) is 22.6. The lowest BCUT2D eigenvalue weighted by molar-refractivity contribution is -0.148. The van der Waals surface area contributed by atoms with Crippen LogP contribution >= 0.6 is 0 Å². The van der Waals surface area contributed by atoms with Gasteiger partial charge in [-0.15, -0.1) is 0 Å². The number of rotatable bonds is 9. The van der Waals surface area contributed by atoms with Crippen LogP contribution in [-0.2, 0) is 14.3 Å². The monoisotopic (exact) mass is 415 g/mol. The third-order valence-corrected chi connectivity index (χ3v) is 4.10. The number of nitrogens with one attached hydrogen (secondary N) is 1. The van der Waals surface area contributed by atoms with Crippen molar-refractivity contribution in [3.63, 3.8) is 0 Å². The van der Waals surface area contributed by atoms with Crippen LogP contribution in [0.3, 0.4) is 0 Å². The highest BCUT2D eigenvalue weighted by Crippen LogP contribution is 2.38. The summed E-state index contributed by atoms with van der Waals surface area (Å²) in [6.45, 7) is 1.49. The molecular formula is C22H25NO7. The fourth-order valence-corrected chi connectivity index (χ4v) is 2.57. The number of amides is 1. The van der Waals surface area contributed by atoms with Crippen molar-refractivity contribution in [1.29, 1.82) is 0 Å². The summed E-state index contributed by atoms with van der Waals surface area (Å²) < 4.78 is 26.1. The van der Waals surface area contributed by atoms with Crippen molar-refractivity contribution >= 4 is 23.6 Å². The molecule has 2 rings (SSSR count). The Hall–Kier alpha value is -3.68. The molecule has 0 aliphatic rings. The van der Waals surface area contributed by atoms with E-state index in [0.717, 1.165) is 0 Å². The maximum Gasteiger partial charge on any atom is 0.331 e. The van der Waals surface area contributed by atoms with Gasteiger partial charge in [-0.05, 0) is 42.8 Å². The minimum absolute atomic E-state index is 0.447. The molecule has 1 atom stereocenters. The highest BCUT2D eigenvalue weighted by molar-refractivity contribution is 5.96. The lowest BCUT2D eigenvalue weighted by atomic mass is 10.1. The predicted molar refractivity (Wildman–Crippen MR) is 112 cm³/mol. The van der Waals surface area contributed by atoms with Gasteiger partial charge in [0, 0.05) is 17.8 Å². The fraction of sp³-hybridized carbons (Fsp3) is 0.273. The van der Waals surface area contributed by atoms with E-state index >= 15 is 0 Å². The molecular weight excluding hydrogens is 390 g/mol. The molecule has 1 amide bonds. The van der Waals surface area contributed by atoms with Crippen LogP contribution in [-0.4, -0.2) is 46.4 Å². The Labute approximate surface area is 175 Å². The molecule has 2 aromatic carbocycles. The van der Waals surface area contributed by atoms with E-state index in [0.29, 0.717) is 34.2 Å². The number of benzene rings is 2. The molecule has 0 saturated heterocycles. The number of ether oxygens (including phenoxy) is 5. The quantitative estimate of drug-likeness (QED) is 0.496. The van der Waals surface area contributed by atoms with Gasteiger partial charge >= 0.3 is 5.97 Å². The lowest BCUT2D eigenvalue weighted by Crippen LogP contribution is -2.29. The van der Waals surface area contributed by atoms with E-state index in [9.17, 15) is 9.59 Å². The molecule has 160 valence electrons. The molecule has 0 heterocycles. The molecule has 30 heavy (non-hydrogen) atoms. The van der Waals surface area contributed by atoms with E-state index < -0.39 is 18.0 Å². The Bertz CT molecular complexity index is 898. The van der Waals surface area contributed by atoms with Crippen LogP contribution in [0.25, 0.3) is 6.08 Å². The van der Waals surface area contributed by atoms with Gasteiger partial charge < -0.3 is 29.0 Å². The van der Waals surface area contributed by atoms with Crippen LogP contribution in [0.1, 0.15) is 12.5 Å². The molecule has 0 aromatic heterocycles. The zero-order chi connectivity index (χ0) is 22.1. The summed E-state index contributed by atoms with van der Waals surface area (Å²) >= 11 is 0. The molecule has 0 fully saturated rings. The van der Waals surface area contributed by atoms with Crippen molar-refractivity contribution in [2.75, 3.05) is 33.8 Å². The average molecular weight is 415 g/mol. The van der Waals surface area contributed by atoms with E-state index in [1.54, 1.807) is 36.4 Å². The van der Waals surface area contributed by atoms with Gasteiger partial charge in [0.2, 0.25) is 5.75 Å². The fourth-order valence-electron chi connectivity index (χ4n) is 2.57.